The fourth-order valence-electron chi connectivity index (χ4n) is 1.91. The number of hydrogen-bond acceptors (Lipinski definition) is 2. The van der Waals surface area contributed by atoms with Crippen LogP contribution in [0.2, 0.25) is 0 Å². The third kappa shape index (κ3) is 3.60. The molecule has 0 amide bonds. The minimum absolute atomic E-state index is 0.321. The van der Waals surface area contributed by atoms with Crippen molar-refractivity contribution in [3.8, 4) is 5.75 Å². The highest BCUT2D eigenvalue weighted by molar-refractivity contribution is 5.27. The maximum absolute atomic E-state index is 9.36. The van der Waals surface area contributed by atoms with Crippen LogP contribution in [-0.2, 0) is 19.5 Å². The molecule has 2 heteroatoms. The van der Waals surface area contributed by atoms with Gasteiger partial charge in [0, 0.05) is 13.1 Å². The lowest BCUT2D eigenvalue weighted by Gasteiger charge is -2.06. The van der Waals surface area contributed by atoms with Crippen molar-refractivity contribution < 1.29 is 5.11 Å². The van der Waals surface area contributed by atoms with Crippen molar-refractivity contribution in [1.29, 1.82) is 0 Å². The largest absolute Gasteiger partial charge is 0.508 e. The number of hydrogen-bond donors (Lipinski definition) is 2. The van der Waals surface area contributed by atoms with Crippen LogP contribution in [0.4, 0.5) is 0 Å². The quantitative estimate of drug-likeness (QED) is 0.842. The van der Waals surface area contributed by atoms with E-state index in [1.54, 1.807) is 12.1 Å². The molecule has 0 aromatic heterocycles. The van der Waals surface area contributed by atoms with Gasteiger partial charge in [-0.15, -0.1) is 0 Å². The Kier molecular flexibility index (Phi) is 4.37. The SMILES string of the molecule is CCc1ccc(CNCc2cccc(O)c2)cc1. The Hall–Kier alpha value is -1.80. The summed E-state index contributed by atoms with van der Waals surface area (Å²) in [5.41, 5.74) is 3.75. The maximum Gasteiger partial charge on any atom is 0.115 e. The lowest BCUT2D eigenvalue weighted by molar-refractivity contribution is 0.474. The lowest BCUT2D eigenvalue weighted by Crippen LogP contribution is -2.12. The third-order valence-electron chi connectivity index (χ3n) is 3.00. The Labute approximate surface area is 108 Å². The molecule has 2 rings (SSSR count). The van der Waals surface area contributed by atoms with Crippen LogP contribution >= 0.6 is 0 Å². The van der Waals surface area contributed by atoms with Crippen molar-refractivity contribution in [3.05, 3.63) is 65.2 Å². The van der Waals surface area contributed by atoms with Crippen molar-refractivity contribution in [2.24, 2.45) is 0 Å². The second kappa shape index (κ2) is 6.22. The number of nitrogens with one attached hydrogen (secondary N) is 1. The zero-order chi connectivity index (χ0) is 12.8. The summed E-state index contributed by atoms with van der Waals surface area (Å²) < 4.78 is 0. The van der Waals surface area contributed by atoms with Crippen molar-refractivity contribution in [2.45, 2.75) is 26.4 Å². The molecule has 2 aromatic carbocycles. The first-order valence-electron chi connectivity index (χ1n) is 6.34. The Morgan fingerprint density at radius 1 is 0.889 bits per heavy atom. The van der Waals surface area contributed by atoms with Crippen LogP contribution in [0, 0.1) is 0 Å². The highest BCUT2D eigenvalue weighted by atomic mass is 16.3. The molecule has 0 atom stereocenters. The molecule has 0 spiro atoms. The summed E-state index contributed by atoms with van der Waals surface area (Å²) in [7, 11) is 0. The van der Waals surface area contributed by atoms with Gasteiger partial charge in [-0.3, -0.25) is 0 Å². The summed E-state index contributed by atoms with van der Waals surface area (Å²) in [4.78, 5) is 0. The molecule has 0 saturated heterocycles. The van der Waals surface area contributed by atoms with E-state index in [9.17, 15) is 5.11 Å². The molecule has 0 aliphatic rings. The van der Waals surface area contributed by atoms with Gasteiger partial charge in [0.15, 0.2) is 0 Å². The van der Waals surface area contributed by atoms with E-state index in [0.717, 1.165) is 25.1 Å². The van der Waals surface area contributed by atoms with E-state index in [2.05, 4.69) is 36.5 Å². The maximum atomic E-state index is 9.36. The molecule has 0 radical (unpaired) electrons. The summed E-state index contributed by atoms with van der Waals surface area (Å²) in [6, 6.07) is 16.0. The van der Waals surface area contributed by atoms with Crippen LogP contribution in [-0.4, -0.2) is 5.11 Å². The number of phenols is 1. The van der Waals surface area contributed by atoms with E-state index < -0.39 is 0 Å². The van der Waals surface area contributed by atoms with Crippen molar-refractivity contribution in [2.75, 3.05) is 0 Å². The number of phenolic OH excluding ortho intramolecular Hbond substituents is 1. The van der Waals surface area contributed by atoms with Gasteiger partial charge in [-0.1, -0.05) is 43.3 Å². The van der Waals surface area contributed by atoms with E-state index in [1.165, 1.54) is 11.1 Å². The van der Waals surface area contributed by atoms with Gasteiger partial charge >= 0.3 is 0 Å². The molecular formula is C16H19NO. The van der Waals surface area contributed by atoms with Gasteiger partial charge in [-0.2, -0.15) is 0 Å². The predicted molar refractivity (Wildman–Crippen MR) is 74.5 cm³/mol. The van der Waals surface area contributed by atoms with Crippen LogP contribution in [0.25, 0.3) is 0 Å². The molecule has 0 saturated carbocycles. The second-order valence-corrected chi connectivity index (χ2v) is 4.44. The number of aryl methyl sites for hydroxylation is 1. The van der Waals surface area contributed by atoms with Gasteiger partial charge in [-0.25, -0.2) is 0 Å². The summed E-state index contributed by atoms with van der Waals surface area (Å²) in [5, 5.41) is 12.7. The molecule has 2 nitrogen and oxygen atoms in total. The van der Waals surface area contributed by atoms with E-state index in [1.807, 2.05) is 12.1 Å². The molecule has 94 valence electrons. The molecule has 0 aliphatic carbocycles. The average Bonchev–Trinajstić information content (AvgIpc) is 2.40. The highest BCUT2D eigenvalue weighted by Gasteiger charge is 1.96. The highest BCUT2D eigenvalue weighted by Crippen LogP contribution is 2.11. The van der Waals surface area contributed by atoms with Gasteiger partial charge < -0.3 is 10.4 Å². The van der Waals surface area contributed by atoms with Gasteiger partial charge in [0.25, 0.3) is 0 Å². The fraction of sp³-hybridized carbons (Fsp3) is 0.250. The van der Waals surface area contributed by atoms with Gasteiger partial charge in [0.2, 0.25) is 0 Å². The van der Waals surface area contributed by atoms with Gasteiger partial charge in [0.1, 0.15) is 5.75 Å². The molecule has 18 heavy (non-hydrogen) atoms. The summed E-state index contributed by atoms with van der Waals surface area (Å²) in [6.07, 6.45) is 1.08. The zero-order valence-electron chi connectivity index (χ0n) is 10.7. The van der Waals surface area contributed by atoms with E-state index in [0.29, 0.717) is 5.75 Å². The second-order valence-electron chi connectivity index (χ2n) is 4.44. The zero-order valence-corrected chi connectivity index (χ0v) is 10.7. The van der Waals surface area contributed by atoms with Gasteiger partial charge in [-0.05, 0) is 35.2 Å². The topological polar surface area (TPSA) is 32.3 Å². The first kappa shape index (κ1) is 12.7. The van der Waals surface area contributed by atoms with E-state index >= 15 is 0 Å². The molecule has 0 unspecified atom stereocenters. The smallest absolute Gasteiger partial charge is 0.115 e. The minimum Gasteiger partial charge on any atom is -0.508 e. The Balaban J connectivity index is 1.84. The summed E-state index contributed by atoms with van der Waals surface area (Å²) in [6.45, 7) is 3.78. The summed E-state index contributed by atoms with van der Waals surface area (Å²) in [5.74, 6) is 0.321. The Bertz CT molecular complexity index is 491. The molecule has 2 aromatic rings. The number of benzene rings is 2. The van der Waals surface area contributed by atoms with Crippen LogP contribution in [0.15, 0.2) is 48.5 Å². The number of rotatable bonds is 5. The van der Waals surface area contributed by atoms with Crippen LogP contribution < -0.4 is 5.32 Å². The summed E-state index contributed by atoms with van der Waals surface area (Å²) >= 11 is 0. The molecule has 0 aliphatic heterocycles. The Morgan fingerprint density at radius 2 is 1.56 bits per heavy atom. The van der Waals surface area contributed by atoms with Crippen LogP contribution in [0.1, 0.15) is 23.6 Å². The number of aromatic hydroxyl groups is 1. The standard InChI is InChI=1S/C16H19NO/c1-2-13-6-8-14(9-7-13)11-17-12-15-4-3-5-16(18)10-15/h3-10,17-18H,2,11-12H2,1H3. The van der Waals surface area contributed by atoms with Gasteiger partial charge in [0.05, 0.1) is 0 Å². The first-order chi connectivity index (χ1) is 8.78. The molecular weight excluding hydrogens is 222 g/mol. The molecule has 0 bridgehead atoms. The van der Waals surface area contributed by atoms with Crippen molar-refractivity contribution in [3.63, 3.8) is 0 Å². The third-order valence-corrected chi connectivity index (χ3v) is 3.00. The van der Waals surface area contributed by atoms with E-state index in [-0.39, 0.29) is 0 Å². The normalized spacial score (nSPS) is 10.5. The molecule has 0 heterocycles. The van der Waals surface area contributed by atoms with Crippen LogP contribution in [0.5, 0.6) is 5.75 Å². The monoisotopic (exact) mass is 241 g/mol. The molecule has 2 N–H and O–H groups in total. The lowest BCUT2D eigenvalue weighted by atomic mass is 10.1. The Morgan fingerprint density at radius 3 is 2.22 bits per heavy atom. The van der Waals surface area contributed by atoms with Crippen LogP contribution in [0.3, 0.4) is 0 Å². The fourth-order valence-corrected chi connectivity index (χ4v) is 1.91. The van der Waals surface area contributed by atoms with Crippen molar-refractivity contribution >= 4 is 0 Å². The predicted octanol–water partition coefficient (Wildman–Crippen LogP) is 3.24. The van der Waals surface area contributed by atoms with Crippen molar-refractivity contribution in [1.82, 2.24) is 5.32 Å². The minimum atomic E-state index is 0.321. The van der Waals surface area contributed by atoms with E-state index in [4.69, 9.17) is 0 Å². The molecule has 0 fully saturated rings. The average molecular weight is 241 g/mol. The first-order valence-corrected chi connectivity index (χ1v) is 6.34.